The minimum atomic E-state index is 0.274. The highest BCUT2D eigenvalue weighted by Gasteiger charge is 2.14. The van der Waals surface area contributed by atoms with Gasteiger partial charge < -0.3 is 14.8 Å². The van der Waals surface area contributed by atoms with Gasteiger partial charge in [-0.3, -0.25) is 0 Å². The van der Waals surface area contributed by atoms with Crippen molar-refractivity contribution in [1.29, 1.82) is 0 Å². The van der Waals surface area contributed by atoms with Crippen molar-refractivity contribution in [3.05, 3.63) is 29.3 Å². The van der Waals surface area contributed by atoms with Gasteiger partial charge in [0.05, 0.1) is 19.8 Å². The van der Waals surface area contributed by atoms with Gasteiger partial charge in [0.25, 0.3) is 0 Å². The van der Waals surface area contributed by atoms with Crippen molar-refractivity contribution in [1.82, 2.24) is 5.32 Å². The van der Waals surface area contributed by atoms with E-state index in [0.29, 0.717) is 6.10 Å². The van der Waals surface area contributed by atoms with E-state index in [4.69, 9.17) is 9.47 Å². The first-order chi connectivity index (χ1) is 10.2. The predicted molar refractivity (Wildman–Crippen MR) is 87.0 cm³/mol. The Kier molecular flexibility index (Phi) is 6.52. The summed E-state index contributed by atoms with van der Waals surface area (Å²) in [5.74, 6) is 0.961. The van der Waals surface area contributed by atoms with Crippen molar-refractivity contribution in [3.63, 3.8) is 0 Å². The van der Waals surface area contributed by atoms with E-state index in [1.165, 1.54) is 43.2 Å². The molecule has 0 amide bonds. The summed E-state index contributed by atoms with van der Waals surface area (Å²) in [7, 11) is 1.73. The molecule has 1 saturated carbocycles. The molecule has 1 unspecified atom stereocenters. The van der Waals surface area contributed by atoms with Crippen LogP contribution in [0.15, 0.2) is 18.2 Å². The van der Waals surface area contributed by atoms with Crippen LogP contribution in [0, 0.1) is 6.92 Å². The minimum absolute atomic E-state index is 0.274. The van der Waals surface area contributed by atoms with E-state index in [2.05, 4.69) is 37.4 Å². The summed E-state index contributed by atoms with van der Waals surface area (Å²) in [4.78, 5) is 0. The predicted octanol–water partition coefficient (Wildman–Crippen LogP) is 4.00. The second-order valence-corrected chi connectivity index (χ2v) is 6.05. The van der Waals surface area contributed by atoms with E-state index in [1.54, 1.807) is 7.11 Å². The highest BCUT2D eigenvalue weighted by molar-refractivity contribution is 5.38. The zero-order valence-electron chi connectivity index (χ0n) is 13.7. The molecule has 1 aliphatic carbocycles. The Hall–Kier alpha value is -1.06. The van der Waals surface area contributed by atoms with Crippen molar-refractivity contribution in [2.24, 2.45) is 0 Å². The van der Waals surface area contributed by atoms with Crippen LogP contribution in [0.3, 0.4) is 0 Å². The highest BCUT2D eigenvalue weighted by atomic mass is 16.5. The van der Waals surface area contributed by atoms with Crippen LogP contribution in [0.1, 0.15) is 56.2 Å². The fourth-order valence-corrected chi connectivity index (χ4v) is 3.02. The van der Waals surface area contributed by atoms with Crippen LogP contribution < -0.4 is 10.1 Å². The molecule has 1 fully saturated rings. The molecule has 0 bridgehead atoms. The lowest BCUT2D eigenvalue weighted by molar-refractivity contribution is 0.0295. The van der Waals surface area contributed by atoms with Crippen LogP contribution in [-0.4, -0.2) is 26.4 Å². The van der Waals surface area contributed by atoms with Gasteiger partial charge >= 0.3 is 0 Å². The van der Waals surface area contributed by atoms with Gasteiger partial charge in [-0.25, -0.2) is 0 Å². The number of hydrogen-bond acceptors (Lipinski definition) is 3. The third-order valence-corrected chi connectivity index (χ3v) is 4.31. The Morgan fingerprint density at radius 3 is 2.71 bits per heavy atom. The van der Waals surface area contributed by atoms with Crippen molar-refractivity contribution in [2.45, 2.75) is 58.1 Å². The van der Waals surface area contributed by atoms with E-state index in [1.807, 2.05) is 0 Å². The Morgan fingerprint density at radius 2 is 2.00 bits per heavy atom. The standard InChI is InChI=1S/C18H29NO2/c1-14-9-10-17(18(13-14)20-3)15(2)19-11-12-21-16-7-5-4-6-8-16/h9-10,13,15-16,19H,4-8,11-12H2,1-3H3. The minimum Gasteiger partial charge on any atom is -0.496 e. The van der Waals surface area contributed by atoms with Gasteiger partial charge in [-0.15, -0.1) is 0 Å². The van der Waals surface area contributed by atoms with Crippen molar-refractivity contribution < 1.29 is 9.47 Å². The summed E-state index contributed by atoms with van der Waals surface area (Å²) in [6, 6.07) is 6.64. The third-order valence-electron chi connectivity index (χ3n) is 4.31. The summed E-state index contributed by atoms with van der Waals surface area (Å²) < 4.78 is 11.4. The molecule has 1 aromatic rings. The molecule has 3 nitrogen and oxygen atoms in total. The van der Waals surface area contributed by atoms with Gasteiger partial charge in [0.1, 0.15) is 5.75 Å². The van der Waals surface area contributed by atoms with Crippen LogP contribution in [0.5, 0.6) is 5.75 Å². The maximum absolute atomic E-state index is 5.95. The number of hydrogen-bond donors (Lipinski definition) is 1. The van der Waals surface area contributed by atoms with Crippen LogP contribution in [0.25, 0.3) is 0 Å². The number of methoxy groups -OCH3 is 1. The number of rotatable bonds is 7. The molecule has 0 spiro atoms. The Labute approximate surface area is 129 Å². The van der Waals surface area contributed by atoms with E-state index in [-0.39, 0.29) is 6.04 Å². The van der Waals surface area contributed by atoms with Crippen LogP contribution in [0.2, 0.25) is 0 Å². The zero-order valence-corrected chi connectivity index (χ0v) is 13.7. The average Bonchev–Trinajstić information content (AvgIpc) is 2.52. The van der Waals surface area contributed by atoms with E-state index < -0.39 is 0 Å². The lowest BCUT2D eigenvalue weighted by Gasteiger charge is -2.23. The summed E-state index contributed by atoms with van der Waals surface area (Å²) >= 11 is 0. The molecule has 1 atom stereocenters. The number of aryl methyl sites for hydroxylation is 1. The third kappa shape index (κ3) is 5.01. The van der Waals surface area contributed by atoms with Gasteiger partial charge in [-0.1, -0.05) is 31.4 Å². The Balaban J connectivity index is 1.75. The SMILES string of the molecule is COc1cc(C)ccc1C(C)NCCOC1CCCCC1. The summed E-state index contributed by atoms with van der Waals surface area (Å²) in [6.45, 7) is 5.94. The molecule has 0 heterocycles. The maximum atomic E-state index is 5.95. The van der Waals surface area contributed by atoms with Gasteiger partial charge in [0, 0.05) is 18.2 Å². The van der Waals surface area contributed by atoms with Crippen LogP contribution in [-0.2, 0) is 4.74 Å². The lowest BCUT2D eigenvalue weighted by atomic mass is 9.98. The molecule has 118 valence electrons. The normalized spacial score (nSPS) is 17.7. The fourth-order valence-electron chi connectivity index (χ4n) is 3.02. The second kappa shape index (κ2) is 8.40. The number of nitrogens with one attached hydrogen (secondary N) is 1. The van der Waals surface area contributed by atoms with E-state index >= 15 is 0 Å². The smallest absolute Gasteiger partial charge is 0.123 e. The van der Waals surface area contributed by atoms with Crippen molar-refractivity contribution in [2.75, 3.05) is 20.3 Å². The van der Waals surface area contributed by atoms with Gasteiger partial charge in [0.2, 0.25) is 0 Å². The van der Waals surface area contributed by atoms with Gasteiger partial charge in [0.15, 0.2) is 0 Å². The molecular formula is C18H29NO2. The summed E-state index contributed by atoms with van der Waals surface area (Å²) in [6.07, 6.45) is 7.00. The topological polar surface area (TPSA) is 30.5 Å². The molecule has 1 aromatic carbocycles. The Morgan fingerprint density at radius 1 is 1.24 bits per heavy atom. The first-order valence-corrected chi connectivity index (χ1v) is 8.20. The molecule has 0 saturated heterocycles. The zero-order chi connectivity index (χ0) is 15.1. The molecule has 1 aliphatic rings. The molecule has 21 heavy (non-hydrogen) atoms. The molecule has 0 aromatic heterocycles. The number of benzene rings is 1. The second-order valence-electron chi connectivity index (χ2n) is 6.05. The van der Waals surface area contributed by atoms with Gasteiger partial charge in [-0.05, 0) is 38.3 Å². The highest BCUT2D eigenvalue weighted by Crippen LogP contribution is 2.26. The fraction of sp³-hybridized carbons (Fsp3) is 0.667. The first-order valence-electron chi connectivity index (χ1n) is 8.20. The van der Waals surface area contributed by atoms with Crippen molar-refractivity contribution >= 4 is 0 Å². The monoisotopic (exact) mass is 291 g/mol. The Bertz CT molecular complexity index is 427. The van der Waals surface area contributed by atoms with E-state index in [9.17, 15) is 0 Å². The van der Waals surface area contributed by atoms with Crippen LogP contribution >= 0.6 is 0 Å². The molecule has 3 heteroatoms. The average molecular weight is 291 g/mol. The van der Waals surface area contributed by atoms with Crippen LogP contribution in [0.4, 0.5) is 0 Å². The molecular weight excluding hydrogens is 262 g/mol. The molecule has 0 aliphatic heterocycles. The van der Waals surface area contributed by atoms with E-state index in [0.717, 1.165) is 18.9 Å². The lowest BCUT2D eigenvalue weighted by Crippen LogP contribution is -2.26. The largest absolute Gasteiger partial charge is 0.496 e. The van der Waals surface area contributed by atoms with Gasteiger partial charge in [-0.2, -0.15) is 0 Å². The molecule has 1 N–H and O–H groups in total. The maximum Gasteiger partial charge on any atom is 0.123 e. The number of ether oxygens (including phenoxy) is 2. The molecule has 0 radical (unpaired) electrons. The summed E-state index contributed by atoms with van der Waals surface area (Å²) in [5, 5.41) is 3.53. The summed E-state index contributed by atoms with van der Waals surface area (Å²) in [5.41, 5.74) is 2.43. The quantitative estimate of drug-likeness (QED) is 0.770. The first kappa shape index (κ1) is 16.3. The molecule has 2 rings (SSSR count). The van der Waals surface area contributed by atoms with Crippen molar-refractivity contribution in [3.8, 4) is 5.75 Å².